The monoisotopic (exact) mass is 411 g/mol. The fraction of sp³-hybridized carbons (Fsp3) is 0.417. The molecule has 0 saturated carbocycles. The molecule has 1 fully saturated rings. The number of carbonyl (C=O) groups is 2. The number of carbonyl (C=O) groups excluding carboxylic acids is 2. The van der Waals surface area contributed by atoms with Crippen LogP contribution in [0.1, 0.15) is 48.2 Å². The topological polar surface area (TPSA) is 61.4 Å². The molecule has 1 aliphatic heterocycles. The van der Waals surface area contributed by atoms with E-state index in [-0.39, 0.29) is 11.8 Å². The van der Waals surface area contributed by atoms with E-state index in [4.69, 9.17) is 0 Å². The van der Waals surface area contributed by atoms with Crippen molar-refractivity contribution < 1.29 is 14.0 Å². The van der Waals surface area contributed by atoms with Crippen LogP contribution in [-0.2, 0) is 17.9 Å². The fourth-order valence-corrected chi connectivity index (χ4v) is 3.62. The smallest absolute Gasteiger partial charge is 0.251 e. The van der Waals surface area contributed by atoms with Gasteiger partial charge in [-0.25, -0.2) is 4.39 Å². The summed E-state index contributed by atoms with van der Waals surface area (Å²) in [5.41, 5.74) is 2.61. The van der Waals surface area contributed by atoms with E-state index in [0.29, 0.717) is 12.1 Å². The third kappa shape index (κ3) is 6.13. The van der Waals surface area contributed by atoms with Crippen LogP contribution in [0.25, 0.3) is 0 Å². The summed E-state index contributed by atoms with van der Waals surface area (Å²) in [7, 11) is 0. The molecule has 3 rings (SSSR count). The van der Waals surface area contributed by atoms with Gasteiger partial charge in [-0.2, -0.15) is 0 Å². The zero-order valence-electron chi connectivity index (χ0n) is 17.7. The van der Waals surface area contributed by atoms with Gasteiger partial charge in [0.25, 0.3) is 5.91 Å². The number of amides is 2. The van der Waals surface area contributed by atoms with E-state index >= 15 is 0 Å². The van der Waals surface area contributed by atoms with Gasteiger partial charge in [0.15, 0.2) is 0 Å². The molecule has 2 amide bonds. The molecule has 0 spiro atoms. The first-order chi connectivity index (χ1) is 14.4. The highest BCUT2D eigenvalue weighted by Crippen LogP contribution is 2.13. The van der Waals surface area contributed by atoms with Crippen molar-refractivity contribution in [2.45, 2.75) is 45.8 Å². The maximum atomic E-state index is 13.1. The molecule has 0 aromatic heterocycles. The molecule has 0 radical (unpaired) electrons. The molecule has 2 N–H and O–H groups in total. The zero-order valence-corrected chi connectivity index (χ0v) is 17.7. The Kier molecular flexibility index (Phi) is 7.57. The van der Waals surface area contributed by atoms with Crippen LogP contribution in [0.3, 0.4) is 0 Å². The summed E-state index contributed by atoms with van der Waals surface area (Å²) in [5.74, 6) is -1.12. The predicted molar refractivity (Wildman–Crippen MR) is 115 cm³/mol. The van der Waals surface area contributed by atoms with Crippen LogP contribution in [0.4, 0.5) is 4.39 Å². The SMILES string of the molecule is CC(C)[C@H](NC(=O)c1ccc(F)cc1)C(=O)NCc1ccc(CN2CCCC2)cc1. The minimum absolute atomic E-state index is 0.0859. The lowest BCUT2D eigenvalue weighted by Crippen LogP contribution is -2.49. The Hall–Kier alpha value is -2.73. The fourth-order valence-electron chi connectivity index (χ4n) is 3.62. The molecular formula is C24H30FN3O2. The Labute approximate surface area is 177 Å². The standard InChI is InChI=1S/C24H30FN3O2/c1-17(2)22(27-23(29)20-9-11-21(25)12-10-20)24(30)26-15-18-5-7-19(8-6-18)16-28-13-3-4-14-28/h5-12,17,22H,3-4,13-16H2,1-2H3,(H,26,30)(H,27,29)/t22-/m0/s1. The van der Waals surface area contributed by atoms with Gasteiger partial charge in [-0.05, 0) is 67.2 Å². The second-order valence-corrected chi connectivity index (χ2v) is 8.22. The Balaban J connectivity index is 1.53. The Morgan fingerprint density at radius 3 is 2.17 bits per heavy atom. The van der Waals surface area contributed by atoms with Crippen LogP contribution in [0.5, 0.6) is 0 Å². The van der Waals surface area contributed by atoms with Crippen LogP contribution in [0, 0.1) is 11.7 Å². The second kappa shape index (κ2) is 10.3. The number of nitrogens with zero attached hydrogens (tertiary/aromatic N) is 1. The van der Waals surface area contributed by atoms with Crippen LogP contribution < -0.4 is 10.6 Å². The first-order valence-corrected chi connectivity index (χ1v) is 10.6. The Morgan fingerprint density at radius 1 is 0.967 bits per heavy atom. The number of halogens is 1. The molecule has 0 unspecified atom stereocenters. The molecule has 5 nitrogen and oxygen atoms in total. The van der Waals surface area contributed by atoms with E-state index in [1.807, 2.05) is 26.0 Å². The highest BCUT2D eigenvalue weighted by Gasteiger charge is 2.24. The molecular weight excluding hydrogens is 381 g/mol. The van der Waals surface area contributed by atoms with Crippen molar-refractivity contribution in [1.82, 2.24) is 15.5 Å². The lowest BCUT2D eigenvalue weighted by molar-refractivity contribution is -0.124. The highest BCUT2D eigenvalue weighted by molar-refractivity contribution is 5.97. The number of benzene rings is 2. The quantitative estimate of drug-likeness (QED) is 0.699. The summed E-state index contributed by atoms with van der Waals surface area (Å²) in [6, 6.07) is 12.9. The highest BCUT2D eigenvalue weighted by atomic mass is 19.1. The molecule has 1 heterocycles. The van der Waals surface area contributed by atoms with Crippen LogP contribution in [0.15, 0.2) is 48.5 Å². The van der Waals surface area contributed by atoms with Crippen molar-refractivity contribution in [3.63, 3.8) is 0 Å². The van der Waals surface area contributed by atoms with Gasteiger partial charge < -0.3 is 10.6 Å². The molecule has 2 aromatic rings. The third-order valence-electron chi connectivity index (χ3n) is 5.44. The molecule has 0 aliphatic carbocycles. The van der Waals surface area contributed by atoms with Gasteiger partial charge in [-0.3, -0.25) is 14.5 Å². The van der Waals surface area contributed by atoms with Gasteiger partial charge in [0, 0.05) is 18.7 Å². The Bertz CT molecular complexity index is 844. The first kappa shape index (κ1) is 22.0. The summed E-state index contributed by atoms with van der Waals surface area (Å²) in [6.45, 7) is 7.46. The van der Waals surface area contributed by atoms with Gasteiger partial charge in [-0.15, -0.1) is 0 Å². The number of hydrogen-bond acceptors (Lipinski definition) is 3. The lowest BCUT2D eigenvalue weighted by Gasteiger charge is -2.22. The molecule has 1 saturated heterocycles. The van der Waals surface area contributed by atoms with Gasteiger partial charge in [-0.1, -0.05) is 38.1 Å². The largest absolute Gasteiger partial charge is 0.350 e. The maximum absolute atomic E-state index is 13.1. The predicted octanol–water partition coefficient (Wildman–Crippen LogP) is 3.49. The van der Waals surface area contributed by atoms with E-state index in [1.54, 1.807) is 0 Å². The van der Waals surface area contributed by atoms with Crippen molar-refractivity contribution in [2.75, 3.05) is 13.1 Å². The van der Waals surface area contributed by atoms with Crippen molar-refractivity contribution >= 4 is 11.8 Å². The summed E-state index contributed by atoms with van der Waals surface area (Å²) in [6.07, 6.45) is 2.55. The van der Waals surface area contributed by atoms with Gasteiger partial charge in [0.1, 0.15) is 11.9 Å². The Morgan fingerprint density at radius 2 is 1.57 bits per heavy atom. The number of nitrogens with one attached hydrogen (secondary N) is 2. The summed E-state index contributed by atoms with van der Waals surface area (Å²) < 4.78 is 13.1. The van der Waals surface area contributed by atoms with E-state index < -0.39 is 17.8 Å². The van der Waals surface area contributed by atoms with E-state index in [9.17, 15) is 14.0 Å². The van der Waals surface area contributed by atoms with Crippen LogP contribution in [-0.4, -0.2) is 35.8 Å². The average molecular weight is 412 g/mol. The van der Waals surface area contributed by atoms with E-state index in [0.717, 1.165) is 25.2 Å². The summed E-state index contributed by atoms with van der Waals surface area (Å²) in [4.78, 5) is 27.5. The molecule has 0 bridgehead atoms. The molecule has 160 valence electrons. The number of rotatable bonds is 8. The van der Waals surface area contributed by atoms with E-state index in [2.05, 4.69) is 27.7 Å². The van der Waals surface area contributed by atoms with Crippen LogP contribution >= 0.6 is 0 Å². The minimum Gasteiger partial charge on any atom is -0.350 e. The van der Waals surface area contributed by atoms with Crippen molar-refractivity contribution in [3.05, 3.63) is 71.0 Å². The number of hydrogen-bond donors (Lipinski definition) is 2. The first-order valence-electron chi connectivity index (χ1n) is 10.6. The third-order valence-corrected chi connectivity index (χ3v) is 5.44. The van der Waals surface area contributed by atoms with Gasteiger partial charge in [0.05, 0.1) is 0 Å². The van der Waals surface area contributed by atoms with Crippen LogP contribution in [0.2, 0.25) is 0 Å². The molecule has 1 atom stereocenters. The molecule has 1 aliphatic rings. The molecule has 30 heavy (non-hydrogen) atoms. The minimum atomic E-state index is -0.669. The summed E-state index contributed by atoms with van der Waals surface area (Å²) >= 11 is 0. The van der Waals surface area contributed by atoms with Crippen molar-refractivity contribution in [2.24, 2.45) is 5.92 Å². The second-order valence-electron chi connectivity index (χ2n) is 8.22. The molecule has 6 heteroatoms. The molecule has 2 aromatic carbocycles. The number of likely N-dealkylation sites (tertiary alicyclic amines) is 1. The van der Waals surface area contributed by atoms with Crippen molar-refractivity contribution in [3.8, 4) is 0 Å². The average Bonchev–Trinajstić information content (AvgIpc) is 3.24. The normalized spacial score (nSPS) is 15.2. The summed E-state index contributed by atoms with van der Waals surface area (Å²) in [5, 5.41) is 5.67. The van der Waals surface area contributed by atoms with E-state index in [1.165, 1.54) is 42.7 Å². The lowest BCUT2D eigenvalue weighted by atomic mass is 10.0. The maximum Gasteiger partial charge on any atom is 0.251 e. The van der Waals surface area contributed by atoms with Gasteiger partial charge >= 0.3 is 0 Å². The van der Waals surface area contributed by atoms with Gasteiger partial charge in [0.2, 0.25) is 5.91 Å². The zero-order chi connectivity index (χ0) is 21.5. The van der Waals surface area contributed by atoms with Crippen molar-refractivity contribution in [1.29, 1.82) is 0 Å².